The molecule has 0 saturated carbocycles. The molecule has 0 unspecified atom stereocenters. The van der Waals surface area contributed by atoms with Crippen LogP contribution < -0.4 is 14.8 Å². The van der Waals surface area contributed by atoms with Gasteiger partial charge in [-0.3, -0.25) is 4.79 Å². The van der Waals surface area contributed by atoms with Gasteiger partial charge in [-0.15, -0.1) is 0 Å². The summed E-state index contributed by atoms with van der Waals surface area (Å²) in [5.74, 6) is 1.13. The second-order valence-electron chi connectivity index (χ2n) is 8.64. The maximum Gasteiger partial charge on any atom is 0.243 e. The minimum atomic E-state index is -3.58. The highest BCUT2D eigenvalue weighted by Crippen LogP contribution is 2.29. The van der Waals surface area contributed by atoms with Gasteiger partial charge >= 0.3 is 0 Å². The maximum atomic E-state index is 13.2. The first kappa shape index (κ1) is 25.1. The summed E-state index contributed by atoms with van der Waals surface area (Å²) in [4.78, 5) is 13.1. The molecule has 7 nitrogen and oxygen atoms in total. The molecular weight excluding hydrogens is 440 g/mol. The van der Waals surface area contributed by atoms with Crippen molar-refractivity contribution in [1.82, 2.24) is 9.62 Å². The number of ether oxygens (including phenoxy) is 2. The summed E-state index contributed by atoms with van der Waals surface area (Å²) in [5.41, 5.74) is 3.62. The van der Waals surface area contributed by atoms with Gasteiger partial charge in [0.25, 0.3) is 0 Å². The van der Waals surface area contributed by atoms with E-state index >= 15 is 0 Å². The zero-order valence-electron chi connectivity index (χ0n) is 20.1. The van der Waals surface area contributed by atoms with Crippen LogP contribution >= 0.6 is 0 Å². The number of amides is 1. The van der Waals surface area contributed by atoms with Gasteiger partial charge in [-0.1, -0.05) is 23.8 Å². The minimum absolute atomic E-state index is 0.0183. The van der Waals surface area contributed by atoms with Crippen LogP contribution in [0.15, 0.2) is 35.2 Å². The third kappa shape index (κ3) is 5.68. The summed E-state index contributed by atoms with van der Waals surface area (Å²) in [6, 6.07) is 9.51. The van der Waals surface area contributed by atoms with Crippen LogP contribution in [0, 0.1) is 26.7 Å². The van der Waals surface area contributed by atoms with Crippen molar-refractivity contribution in [2.24, 2.45) is 5.92 Å². The predicted octanol–water partition coefficient (Wildman–Crippen LogP) is 3.39. The molecule has 0 aliphatic carbocycles. The number of rotatable bonds is 8. The zero-order chi connectivity index (χ0) is 24.2. The molecule has 2 aromatic carbocycles. The van der Waals surface area contributed by atoms with Crippen LogP contribution in [0.25, 0.3) is 0 Å². The topological polar surface area (TPSA) is 84.9 Å². The van der Waals surface area contributed by atoms with Crippen molar-refractivity contribution in [3.8, 4) is 11.5 Å². The van der Waals surface area contributed by atoms with Gasteiger partial charge in [0.1, 0.15) is 0 Å². The largest absolute Gasteiger partial charge is 0.493 e. The summed E-state index contributed by atoms with van der Waals surface area (Å²) in [7, 11) is -0.386. The highest BCUT2D eigenvalue weighted by Gasteiger charge is 2.33. The van der Waals surface area contributed by atoms with Crippen LogP contribution in [0.2, 0.25) is 0 Å². The number of methoxy groups -OCH3 is 2. The number of aryl methyl sites for hydroxylation is 3. The van der Waals surface area contributed by atoms with Crippen LogP contribution in [-0.2, 0) is 21.2 Å². The molecule has 1 aliphatic rings. The molecule has 0 bridgehead atoms. The lowest BCUT2D eigenvalue weighted by atomic mass is 9.97. The third-order valence-electron chi connectivity index (χ3n) is 6.19. The molecule has 1 N–H and O–H groups in total. The van der Waals surface area contributed by atoms with Crippen molar-refractivity contribution in [2.75, 3.05) is 33.9 Å². The average Bonchev–Trinajstić information content (AvgIpc) is 2.78. The molecule has 8 heteroatoms. The molecule has 0 aromatic heterocycles. The normalized spacial score (nSPS) is 15.3. The van der Waals surface area contributed by atoms with E-state index in [-0.39, 0.29) is 11.8 Å². The van der Waals surface area contributed by atoms with Crippen LogP contribution in [0.3, 0.4) is 0 Å². The molecule has 2 aromatic rings. The number of hydrogen-bond acceptors (Lipinski definition) is 5. The quantitative estimate of drug-likeness (QED) is 0.634. The Bertz CT molecular complexity index is 1080. The van der Waals surface area contributed by atoms with Crippen molar-refractivity contribution in [2.45, 2.75) is 44.9 Å². The van der Waals surface area contributed by atoms with E-state index in [1.54, 1.807) is 14.2 Å². The van der Waals surface area contributed by atoms with E-state index in [2.05, 4.69) is 5.32 Å². The first-order valence-corrected chi connectivity index (χ1v) is 12.7. The third-order valence-corrected chi connectivity index (χ3v) is 8.39. The predicted molar refractivity (Wildman–Crippen MR) is 128 cm³/mol. The Morgan fingerprint density at radius 1 is 1.00 bits per heavy atom. The Balaban J connectivity index is 1.54. The van der Waals surface area contributed by atoms with Crippen LogP contribution in [0.4, 0.5) is 0 Å². The Hall–Kier alpha value is -2.58. The van der Waals surface area contributed by atoms with Gasteiger partial charge in [-0.25, -0.2) is 8.42 Å². The van der Waals surface area contributed by atoms with E-state index in [0.29, 0.717) is 55.3 Å². The smallest absolute Gasteiger partial charge is 0.243 e. The van der Waals surface area contributed by atoms with Gasteiger partial charge in [0.2, 0.25) is 15.9 Å². The monoisotopic (exact) mass is 474 g/mol. The molecule has 1 fully saturated rings. The summed E-state index contributed by atoms with van der Waals surface area (Å²) < 4.78 is 38.6. The molecule has 1 aliphatic heterocycles. The van der Waals surface area contributed by atoms with Crippen LogP contribution in [-0.4, -0.2) is 52.5 Å². The number of sulfonamides is 1. The van der Waals surface area contributed by atoms with E-state index in [1.165, 1.54) is 4.31 Å². The Labute approximate surface area is 197 Å². The van der Waals surface area contributed by atoms with Crippen molar-refractivity contribution >= 4 is 15.9 Å². The molecule has 3 rings (SSSR count). The molecule has 0 atom stereocenters. The van der Waals surface area contributed by atoms with E-state index in [9.17, 15) is 13.2 Å². The van der Waals surface area contributed by atoms with Crippen molar-refractivity contribution in [3.05, 3.63) is 52.6 Å². The average molecular weight is 475 g/mol. The molecule has 33 heavy (non-hydrogen) atoms. The standard InChI is InChI=1S/C25H34N2O5S/c1-17-14-18(2)24(19(3)15-17)33(29,30)27-12-9-21(10-13-27)25(28)26-11-8-20-6-7-22(31-4)23(16-20)32-5/h6-7,14-16,21H,8-13H2,1-5H3,(H,26,28). The lowest BCUT2D eigenvalue weighted by molar-refractivity contribution is -0.126. The molecule has 180 valence electrons. The highest BCUT2D eigenvalue weighted by molar-refractivity contribution is 7.89. The number of nitrogens with zero attached hydrogens (tertiary/aromatic N) is 1. The first-order valence-electron chi connectivity index (χ1n) is 11.2. The number of nitrogens with one attached hydrogen (secondary N) is 1. The SMILES string of the molecule is COc1ccc(CCNC(=O)C2CCN(S(=O)(=O)c3c(C)cc(C)cc3C)CC2)cc1OC. The number of benzene rings is 2. The lowest BCUT2D eigenvalue weighted by Crippen LogP contribution is -2.43. The second kappa shape index (κ2) is 10.6. The van der Waals surface area contributed by atoms with Crippen LogP contribution in [0.1, 0.15) is 35.1 Å². The van der Waals surface area contributed by atoms with Crippen molar-refractivity contribution in [1.29, 1.82) is 0 Å². The highest BCUT2D eigenvalue weighted by atomic mass is 32.2. The van der Waals surface area contributed by atoms with Gasteiger partial charge < -0.3 is 14.8 Å². The summed E-state index contributed by atoms with van der Waals surface area (Å²) >= 11 is 0. The fraction of sp³-hybridized carbons (Fsp3) is 0.480. The summed E-state index contributed by atoms with van der Waals surface area (Å²) in [6.45, 7) is 6.85. The van der Waals surface area contributed by atoms with E-state index < -0.39 is 10.0 Å². The molecule has 1 heterocycles. The first-order chi connectivity index (χ1) is 15.7. The Morgan fingerprint density at radius 3 is 2.18 bits per heavy atom. The van der Waals surface area contributed by atoms with Gasteiger partial charge in [0.15, 0.2) is 11.5 Å². The molecule has 0 spiro atoms. The molecular formula is C25H34N2O5S. The van der Waals surface area contributed by atoms with Gasteiger partial charge in [-0.05, 0) is 68.9 Å². The summed E-state index contributed by atoms with van der Waals surface area (Å²) in [6.07, 6.45) is 1.71. The zero-order valence-corrected chi connectivity index (χ0v) is 20.9. The van der Waals surface area contributed by atoms with E-state index in [1.807, 2.05) is 51.1 Å². The van der Waals surface area contributed by atoms with Gasteiger partial charge in [0.05, 0.1) is 19.1 Å². The van der Waals surface area contributed by atoms with Gasteiger partial charge in [-0.2, -0.15) is 4.31 Å². The second-order valence-corrected chi connectivity index (χ2v) is 10.5. The number of piperidine rings is 1. The number of carbonyl (C=O) groups excluding carboxylic acids is 1. The van der Waals surface area contributed by atoms with Crippen molar-refractivity contribution < 1.29 is 22.7 Å². The van der Waals surface area contributed by atoms with E-state index in [0.717, 1.165) is 22.3 Å². The molecule has 1 amide bonds. The molecule has 1 saturated heterocycles. The Morgan fingerprint density at radius 2 is 1.61 bits per heavy atom. The Kier molecular flexibility index (Phi) is 8.02. The minimum Gasteiger partial charge on any atom is -0.493 e. The fourth-order valence-corrected chi connectivity index (χ4v) is 6.45. The number of carbonyl (C=O) groups is 1. The maximum absolute atomic E-state index is 13.2. The lowest BCUT2D eigenvalue weighted by Gasteiger charge is -2.31. The van der Waals surface area contributed by atoms with Crippen molar-refractivity contribution in [3.63, 3.8) is 0 Å². The van der Waals surface area contributed by atoms with Crippen LogP contribution in [0.5, 0.6) is 11.5 Å². The molecule has 0 radical (unpaired) electrons. The van der Waals surface area contributed by atoms with Gasteiger partial charge in [0, 0.05) is 25.6 Å². The number of hydrogen-bond donors (Lipinski definition) is 1. The fourth-order valence-electron chi connectivity index (χ4n) is 4.57. The van der Waals surface area contributed by atoms with E-state index in [4.69, 9.17) is 9.47 Å². The summed E-state index contributed by atoms with van der Waals surface area (Å²) in [5, 5.41) is 3.00.